The lowest BCUT2D eigenvalue weighted by Crippen LogP contribution is -2.43. The number of anilines is 3. The number of carbonyl (C=O) groups is 2. The second kappa shape index (κ2) is 12.9. The fourth-order valence-corrected chi connectivity index (χ4v) is 4.56. The lowest BCUT2D eigenvalue weighted by atomic mass is 9.97. The molecule has 41 heavy (non-hydrogen) atoms. The summed E-state index contributed by atoms with van der Waals surface area (Å²) in [6.07, 6.45) is 0.764. The first-order valence-electron chi connectivity index (χ1n) is 12.7. The zero-order chi connectivity index (χ0) is 29.7. The molecule has 4 rings (SSSR count). The molecule has 0 radical (unpaired) electrons. The molecule has 0 spiro atoms. The number of urea groups is 1. The number of amidine groups is 1. The van der Waals surface area contributed by atoms with Crippen LogP contribution in [0, 0.1) is 18.6 Å². The van der Waals surface area contributed by atoms with Crippen LogP contribution in [-0.2, 0) is 6.54 Å². The zero-order valence-electron chi connectivity index (χ0n) is 22.9. The number of aliphatic imine (C=N–C) groups is 1. The molecule has 2 heterocycles. The van der Waals surface area contributed by atoms with Crippen LogP contribution in [0.2, 0.25) is 0 Å². The molecular formula is C28H30F2N8O2S. The minimum absolute atomic E-state index is 0.00429. The van der Waals surface area contributed by atoms with Gasteiger partial charge in [-0.1, -0.05) is 30.5 Å². The molecule has 1 aromatic heterocycles. The highest BCUT2D eigenvalue weighted by molar-refractivity contribution is 8.16. The Morgan fingerprint density at radius 2 is 2.00 bits per heavy atom. The Labute approximate surface area is 240 Å². The fraction of sp³-hybridized carbons (Fsp3) is 0.250. The number of nitrogens with zero attached hydrogens (tertiary/aromatic N) is 5. The average Bonchev–Trinajstić information content (AvgIpc) is 2.92. The Hall–Kier alpha value is -4.36. The second-order valence-corrected chi connectivity index (χ2v) is 10.4. The van der Waals surface area contributed by atoms with Crippen LogP contribution in [0.1, 0.15) is 27.9 Å². The van der Waals surface area contributed by atoms with E-state index in [0.29, 0.717) is 23.4 Å². The Morgan fingerprint density at radius 1 is 1.27 bits per heavy atom. The topological polar surface area (TPSA) is 129 Å². The van der Waals surface area contributed by atoms with Crippen LogP contribution in [0.15, 0.2) is 53.4 Å². The van der Waals surface area contributed by atoms with Crippen molar-refractivity contribution in [1.82, 2.24) is 20.2 Å². The maximum Gasteiger partial charge on any atom is 0.328 e. The van der Waals surface area contributed by atoms with Gasteiger partial charge >= 0.3 is 6.03 Å². The average molecular weight is 581 g/mol. The number of hydrogen-bond donors (Lipinski definition) is 3. The monoisotopic (exact) mass is 580 g/mol. The van der Waals surface area contributed by atoms with Crippen molar-refractivity contribution in [3.63, 3.8) is 0 Å². The van der Waals surface area contributed by atoms with Gasteiger partial charge in [0.05, 0.1) is 12.2 Å². The molecule has 214 valence electrons. The number of nitrogens with two attached hydrogens (primary N) is 1. The smallest absolute Gasteiger partial charge is 0.328 e. The first-order valence-corrected chi connectivity index (χ1v) is 13.6. The number of halogens is 2. The number of benzene rings is 2. The molecule has 0 atom stereocenters. The number of para-hydroxylation sites is 1. The number of amides is 3. The lowest BCUT2D eigenvalue weighted by Gasteiger charge is -2.31. The van der Waals surface area contributed by atoms with Gasteiger partial charge in [0, 0.05) is 23.2 Å². The summed E-state index contributed by atoms with van der Waals surface area (Å²) in [5.74, 6) is -2.23. The Balaban J connectivity index is 1.88. The van der Waals surface area contributed by atoms with Gasteiger partial charge < -0.3 is 21.3 Å². The summed E-state index contributed by atoms with van der Waals surface area (Å²) in [7, 11) is 3.91. The Morgan fingerprint density at radius 3 is 2.68 bits per heavy atom. The summed E-state index contributed by atoms with van der Waals surface area (Å²) in [6, 6.07) is 7.59. The summed E-state index contributed by atoms with van der Waals surface area (Å²) in [6.45, 7) is 6.70. The SMILES string of the molecule is C=CSC(N)=NC(=O)c1ccc(C)c(-c2nc(NCCCN(C)C)nc3c2CNC(=O)N3c2c(F)cccc2F)c1. The van der Waals surface area contributed by atoms with Crippen LogP contribution in [0.4, 0.5) is 31.0 Å². The first-order chi connectivity index (χ1) is 19.6. The van der Waals surface area contributed by atoms with Gasteiger partial charge in [-0.05, 0) is 69.2 Å². The quantitative estimate of drug-likeness (QED) is 0.187. The molecule has 1 aliphatic rings. The number of thioether (sulfide) groups is 1. The highest BCUT2D eigenvalue weighted by atomic mass is 32.2. The molecule has 3 aromatic rings. The maximum atomic E-state index is 14.9. The highest BCUT2D eigenvalue weighted by Crippen LogP contribution is 2.39. The number of aryl methyl sites for hydroxylation is 1. The Bertz CT molecular complexity index is 1510. The number of carbonyl (C=O) groups excluding carboxylic acids is 2. The van der Waals surface area contributed by atoms with Crippen LogP contribution < -0.4 is 21.3 Å². The van der Waals surface area contributed by atoms with Crippen molar-refractivity contribution in [2.24, 2.45) is 10.7 Å². The predicted octanol–water partition coefficient (Wildman–Crippen LogP) is 4.79. The van der Waals surface area contributed by atoms with E-state index in [9.17, 15) is 18.4 Å². The highest BCUT2D eigenvalue weighted by Gasteiger charge is 2.34. The molecule has 4 N–H and O–H groups in total. The molecule has 2 aromatic carbocycles. The van der Waals surface area contributed by atoms with E-state index in [1.165, 1.54) is 11.5 Å². The number of rotatable bonds is 9. The minimum Gasteiger partial charge on any atom is -0.378 e. The summed E-state index contributed by atoms with van der Waals surface area (Å²) < 4.78 is 29.8. The first kappa shape index (κ1) is 29.6. The van der Waals surface area contributed by atoms with E-state index >= 15 is 0 Å². The van der Waals surface area contributed by atoms with E-state index in [4.69, 9.17) is 10.7 Å². The van der Waals surface area contributed by atoms with Crippen LogP contribution in [0.3, 0.4) is 0 Å². The minimum atomic E-state index is -0.926. The molecule has 3 amide bonds. The van der Waals surface area contributed by atoms with Crippen molar-refractivity contribution in [2.45, 2.75) is 19.9 Å². The van der Waals surface area contributed by atoms with Crippen molar-refractivity contribution < 1.29 is 18.4 Å². The Kier molecular flexibility index (Phi) is 9.30. The van der Waals surface area contributed by atoms with Crippen molar-refractivity contribution in [3.8, 4) is 11.3 Å². The number of nitrogens with one attached hydrogen (secondary N) is 2. The largest absolute Gasteiger partial charge is 0.378 e. The van der Waals surface area contributed by atoms with Crippen molar-refractivity contribution in [3.05, 3.63) is 76.7 Å². The van der Waals surface area contributed by atoms with E-state index < -0.39 is 29.3 Å². The number of fused-ring (bicyclic) bond motifs is 1. The van der Waals surface area contributed by atoms with Gasteiger partial charge in [0.25, 0.3) is 5.91 Å². The fourth-order valence-electron chi connectivity index (χ4n) is 4.25. The number of aromatic nitrogens is 2. The molecule has 0 saturated carbocycles. The molecule has 0 fully saturated rings. The van der Waals surface area contributed by atoms with Crippen LogP contribution in [0.5, 0.6) is 0 Å². The summed E-state index contributed by atoms with van der Waals surface area (Å²) >= 11 is 1.02. The van der Waals surface area contributed by atoms with E-state index in [-0.39, 0.29) is 29.0 Å². The van der Waals surface area contributed by atoms with E-state index in [2.05, 4.69) is 27.2 Å². The van der Waals surface area contributed by atoms with Gasteiger partial charge in [-0.25, -0.2) is 23.5 Å². The molecule has 10 nitrogen and oxygen atoms in total. The molecule has 0 aliphatic carbocycles. The number of hydrogen-bond acceptors (Lipinski definition) is 7. The zero-order valence-corrected chi connectivity index (χ0v) is 23.7. The molecular weight excluding hydrogens is 550 g/mol. The third kappa shape index (κ3) is 6.69. The standard InChI is InChI=1S/C28H30F2N8O2S/c1-5-41-26(31)36-25(39)17-11-10-16(2)18(14-17)22-19-15-33-28(40)38(23-20(29)8-6-9-21(23)30)24(19)35-27(34-22)32-12-7-13-37(3)4/h5-6,8-11,14H,1,7,12-13,15H2,2-4H3,(H,33,40)(H2,31,36,39)(H,32,34,35). The van der Waals surface area contributed by atoms with Crippen molar-refractivity contribution in [1.29, 1.82) is 0 Å². The normalized spacial score (nSPS) is 13.2. The molecule has 0 saturated heterocycles. The van der Waals surface area contributed by atoms with Crippen LogP contribution >= 0.6 is 11.8 Å². The van der Waals surface area contributed by atoms with Gasteiger partial charge in [0.15, 0.2) is 11.0 Å². The van der Waals surface area contributed by atoms with Crippen molar-refractivity contribution >= 4 is 46.3 Å². The summed E-state index contributed by atoms with van der Waals surface area (Å²) in [5.41, 5.74) is 7.60. The lowest BCUT2D eigenvalue weighted by molar-refractivity contribution is 0.100. The molecule has 13 heteroatoms. The van der Waals surface area contributed by atoms with Gasteiger partial charge in [-0.15, -0.1) is 0 Å². The molecule has 0 unspecified atom stereocenters. The van der Waals surface area contributed by atoms with Gasteiger partial charge in [0.2, 0.25) is 5.95 Å². The summed E-state index contributed by atoms with van der Waals surface area (Å²) in [4.78, 5) is 42.0. The van der Waals surface area contributed by atoms with Crippen molar-refractivity contribution in [2.75, 3.05) is 37.4 Å². The van der Waals surface area contributed by atoms with E-state index in [1.54, 1.807) is 18.2 Å². The predicted molar refractivity (Wildman–Crippen MR) is 158 cm³/mol. The third-order valence-electron chi connectivity index (χ3n) is 6.20. The van der Waals surface area contributed by atoms with Gasteiger partial charge in [-0.3, -0.25) is 4.79 Å². The van der Waals surface area contributed by atoms with E-state index in [1.807, 2.05) is 25.9 Å². The third-order valence-corrected chi connectivity index (χ3v) is 6.70. The molecule has 1 aliphatic heterocycles. The second-order valence-electron chi connectivity index (χ2n) is 9.42. The van der Waals surface area contributed by atoms with E-state index in [0.717, 1.165) is 47.3 Å². The van der Waals surface area contributed by atoms with Gasteiger partial charge in [-0.2, -0.15) is 9.98 Å². The van der Waals surface area contributed by atoms with Crippen LogP contribution in [-0.4, -0.2) is 59.2 Å². The van der Waals surface area contributed by atoms with Gasteiger partial charge in [0.1, 0.15) is 17.3 Å². The molecule has 0 bridgehead atoms. The van der Waals surface area contributed by atoms with Crippen LogP contribution in [0.25, 0.3) is 11.3 Å². The summed E-state index contributed by atoms with van der Waals surface area (Å²) in [5, 5.41) is 7.33. The maximum absolute atomic E-state index is 14.9.